The van der Waals surface area contributed by atoms with Crippen LogP contribution < -0.4 is 0 Å². The Morgan fingerprint density at radius 1 is 0.897 bits per heavy atom. The average molecular weight is 837 g/mol. The van der Waals surface area contributed by atoms with Gasteiger partial charge in [0.05, 0.1) is 66.6 Å². The van der Waals surface area contributed by atoms with Crippen molar-refractivity contribution in [3.05, 3.63) is 0 Å². The molecule has 3 saturated heterocycles. The second-order valence-corrected chi connectivity index (χ2v) is 17.7. The maximum atomic E-state index is 14.3. The summed E-state index contributed by atoms with van der Waals surface area (Å²) in [6.45, 7) is 17.3. The van der Waals surface area contributed by atoms with Gasteiger partial charge in [0, 0.05) is 44.4 Å². The molecule has 17 nitrogen and oxygen atoms in total. The third-order valence-corrected chi connectivity index (χ3v) is 12.6. The second kappa shape index (κ2) is 21.5. The third-order valence-electron chi connectivity index (χ3n) is 12.6. The molecule has 0 aliphatic carbocycles. The predicted molar refractivity (Wildman–Crippen MR) is 212 cm³/mol. The number of esters is 1. The van der Waals surface area contributed by atoms with E-state index in [2.05, 4.69) is 5.16 Å². The van der Waals surface area contributed by atoms with E-state index >= 15 is 0 Å². The highest BCUT2D eigenvalue weighted by Gasteiger charge is 2.53. The van der Waals surface area contributed by atoms with Gasteiger partial charge in [-0.3, -0.25) is 4.79 Å². The molecule has 3 aliphatic rings. The number of methoxy groups -OCH3 is 2. The largest absolute Gasteiger partial charge is 0.459 e. The van der Waals surface area contributed by atoms with Crippen LogP contribution in [0.4, 0.5) is 0 Å². The van der Waals surface area contributed by atoms with E-state index in [1.165, 1.54) is 14.0 Å². The lowest BCUT2D eigenvalue weighted by molar-refractivity contribution is -0.317. The Morgan fingerprint density at radius 3 is 2.14 bits per heavy atom. The van der Waals surface area contributed by atoms with Crippen LogP contribution in [0.2, 0.25) is 0 Å². The molecule has 0 aromatic rings. The first-order valence-corrected chi connectivity index (χ1v) is 20.8. The summed E-state index contributed by atoms with van der Waals surface area (Å²) < 4.78 is 48.1. The van der Waals surface area contributed by atoms with Gasteiger partial charge in [0.1, 0.15) is 23.9 Å². The van der Waals surface area contributed by atoms with E-state index in [1.807, 2.05) is 32.8 Å². The number of ether oxygens (including phenoxy) is 8. The van der Waals surface area contributed by atoms with E-state index < -0.39 is 102 Å². The molecular weight excluding hydrogens is 760 g/mol. The zero-order valence-corrected chi connectivity index (χ0v) is 37.3. The Balaban J connectivity index is 2.22. The van der Waals surface area contributed by atoms with Gasteiger partial charge in [-0.05, 0) is 74.9 Å². The fourth-order valence-electron chi connectivity index (χ4n) is 8.93. The first-order valence-electron chi connectivity index (χ1n) is 20.8. The summed E-state index contributed by atoms with van der Waals surface area (Å²) in [6.07, 6.45) is -9.49. The molecule has 18 atom stereocenters. The molecule has 0 saturated carbocycles. The zero-order chi connectivity index (χ0) is 43.9. The van der Waals surface area contributed by atoms with Crippen LogP contribution in [0.5, 0.6) is 0 Å². The molecule has 0 aromatic carbocycles. The summed E-state index contributed by atoms with van der Waals surface area (Å²) in [5.41, 5.74) is -4.49. The quantitative estimate of drug-likeness (QED) is 0.0778. The number of carbonyl (C=O) groups is 1. The van der Waals surface area contributed by atoms with Gasteiger partial charge in [0.15, 0.2) is 12.6 Å². The highest BCUT2D eigenvalue weighted by atomic mass is 16.7. The molecule has 8 unspecified atom stereocenters. The van der Waals surface area contributed by atoms with Crippen LogP contribution in [0.3, 0.4) is 0 Å². The van der Waals surface area contributed by atoms with E-state index in [0.29, 0.717) is 18.7 Å². The number of aliphatic hydroxyl groups excluding tert-OH is 3. The van der Waals surface area contributed by atoms with Crippen LogP contribution in [0.1, 0.15) is 94.9 Å². The van der Waals surface area contributed by atoms with E-state index in [4.69, 9.17) is 42.7 Å². The molecule has 3 aliphatic heterocycles. The average Bonchev–Trinajstić information content (AvgIpc) is 3.15. The van der Waals surface area contributed by atoms with E-state index in [9.17, 15) is 30.3 Å². The topological polar surface area (TPSA) is 217 Å². The normalized spacial score (nSPS) is 45.8. The van der Waals surface area contributed by atoms with Gasteiger partial charge in [-0.1, -0.05) is 32.9 Å². The van der Waals surface area contributed by atoms with Gasteiger partial charge < -0.3 is 73.2 Å². The molecule has 3 fully saturated rings. The lowest BCUT2D eigenvalue weighted by Gasteiger charge is -2.49. The number of likely N-dealkylation sites (N-methyl/N-ethyl adjacent to an activating group) is 1. The van der Waals surface area contributed by atoms with Crippen LogP contribution >= 0.6 is 0 Å². The van der Waals surface area contributed by atoms with Crippen molar-refractivity contribution in [1.82, 2.24) is 4.90 Å². The van der Waals surface area contributed by atoms with Crippen molar-refractivity contribution in [3.8, 4) is 0 Å². The van der Waals surface area contributed by atoms with E-state index in [1.54, 1.807) is 55.6 Å². The Labute approximate surface area is 345 Å². The Kier molecular flexibility index (Phi) is 18.8. The zero-order valence-electron chi connectivity index (χ0n) is 37.3. The second-order valence-electron chi connectivity index (χ2n) is 17.7. The van der Waals surface area contributed by atoms with Crippen LogP contribution in [0, 0.1) is 23.7 Å². The Morgan fingerprint density at radius 2 is 1.55 bits per heavy atom. The standard InChI is InChI=1S/C41H76N2O15/c1-15-29-41(10,49)34(45)24(4)31(42-53-21-52-17-16-50-13)22(2)19-39(8,48)36(58-38-32(44)28(43(11)12)18-23(3)54-38)25(5)33(26(6)37(47)56-29)57-30-20-40(9,51-14)35(46)27(7)55-30/h22-30,32-36,38,44-46,48-49H,15-21H2,1-14H3/b42-31+/t22-,23?,24+,25+,26-,27?,28?,29-,30?,32?,33+,34-,35?,36-,38?,39+,40?,41-/m1/s1. The summed E-state index contributed by atoms with van der Waals surface area (Å²) in [7, 11) is 6.76. The number of nitrogens with zero attached hydrogens (tertiary/aromatic N) is 2. The van der Waals surface area contributed by atoms with Crippen molar-refractivity contribution in [2.45, 2.75) is 179 Å². The minimum atomic E-state index is -1.97. The van der Waals surface area contributed by atoms with Crippen LogP contribution in [0.15, 0.2) is 5.16 Å². The fraction of sp³-hybridized carbons (Fsp3) is 0.951. The lowest BCUT2D eigenvalue weighted by atomic mass is 9.73. The molecule has 3 rings (SSSR count). The lowest BCUT2D eigenvalue weighted by Crippen LogP contribution is -2.61. The molecule has 3 heterocycles. The van der Waals surface area contributed by atoms with Gasteiger partial charge >= 0.3 is 5.97 Å². The fourth-order valence-corrected chi connectivity index (χ4v) is 8.93. The molecule has 5 N–H and O–H groups in total. The van der Waals surface area contributed by atoms with Gasteiger partial charge in [-0.15, -0.1) is 0 Å². The maximum absolute atomic E-state index is 14.3. The molecule has 0 aromatic heterocycles. The van der Waals surface area contributed by atoms with Gasteiger partial charge in [0.25, 0.3) is 0 Å². The number of oxime groups is 1. The summed E-state index contributed by atoms with van der Waals surface area (Å²) in [5, 5.41) is 63.6. The van der Waals surface area contributed by atoms with Crippen LogP contribution in [0.25, 0.3) is 0 Å². The molecule has 0 radical (unpaired) electrons. The van der Waals surface area contributed by atoms with Gasteiger partial charge in [-0.2, -0.15) is 0 Å². The number of rotatable bonds is 13. The number of carbonyl (C=O) groups excluding carboxylic acids is 1. The monoisotopic (exact) mass is 837 g/mol. The first-order chi connectivity index (χ1) is 27.0. The molecule has 0 spiro atoms. The van der Waals surface area contributed by atoms with Gasteiger partial charge in [0.2, 0.25) is 6.79 Å². The molecule has 340 valence electrons. The van der Waals surface area contributed by atoms with Gasteiger partial charge in [-0.25, -0.2) is 0 Å². The summed E-state index contributed by atoms with van der Waals surface area (Å²) in [6, 6.07) is -0.328. The van der Waals surface area contributed by atoms with Crippen molar-refractivity contribution < 1.29 is 73.1 Å². The molecule has 0 bridgehead atoms. The summed E-state index contributed by atoms with van der Waals surface area (Å²) >= 11 is 0. The van der Waals surface area contributed by atoms with Crippen molar-refractivity contribution in [3.63, 3.8) is 0 Å². The van der Waals surface area contributed by atoms with Crippen molar-refractivity contribution in [1.29, 1.82) is 0 Å². The first kappa shape index (κ1) is 50.8. The van der Waals surface area contributed by atoms with Crippen molar-refractivity contribution in [2.75, 3.05) is 48.3 Å². The number of hydrogen-bond acceptors (Lipinski definition) is 17. The molecule has 0 amide bonds. The molecule has 58 heavy (non-hydrogen) atoms. The minimum absolute atomic E-state index is 0.0307. The van der Waals surface area contributed by atoms with Crippen LogP contribution in [-0.2, 0) is 47.5 Å². The minimum Gasteiger partial charge on any atom is -0.459 e. The number of aliphatic hydroxyl groups is 5. The highest BCUT2D eigenvalue weighted by Crippen LogP contribution is 2.41. The highest BCUT2D eigenvalue weighted by molar-refractivity contribution is 5.88. The molecular formula is C41H76N2O15. The van der Waals surface area contributed by atoms with Crippen LogP contribution in [-0.4, -0.2) is 175 Å². The third kappa shape index (κ3) is 12.1. The Bertz CT molecular complexity index is 1300. The Hall–Kier alpha value is -1.58. The smallest absolute Gasteiger partial charge is 0.311 e. The van der Waals surface area contributed by atoms with E-state index in [0.717, 1.165) is 0 Å². The van der Waals surface area contributed by atoms with E-state index in [-0.39, 0.29) is 44.8 Å². The predicted octanol–water partition coefficient (Wildman–Crippen LogP) is 2.21. The SMILES string of the molecule is CC[C@H]1OC(=O)[C@H](C)[C@@H](OC2CC(C)(OC)C(O)C(C)O2)[C@H](C)[C@@H](OC2OC(C)CC(N(C)C)C2O)[C@@](C)(O)C[C@@H](C)/C(=N\OCOCCOC)[C@H](C)[C@@H](O)[C@]1(C)O. The summed E-state index contributed by atoms with van der Waals surface area (Å²) in [5.74, 6) is -4.14. The van der Waals surface area contributed by atoms with Crippen molar-refractivity contribution in [2.24, 2.45) is 28.8 Å². The summed E-state index contributed by atoms with van der Waals surface area (Å²) in [4.78, 5) is 21.8. The number of cyclic esters (lactones) is 1. The number of hydrogen-bond donors (Lipinski definition) is 5. The maximum Gasteiger partial charge on any atom is 0.311 e. The van der Waals surface area contributed by atoms with Crippen molar-refractivity contribution >= 4 is 11.7 Å². The molecule has 17 heteroatoms.